The second-order valence-electron chi connectivity index (χ2n) is 19.1. The van der Waals surface area contributed by atoms with Gasteiger partial charge in [-0.05, 0) is 61.9 Å². The lowest BCUT2D eigenvalue weighted by Gasteiger charge is -2.42. The molecule has 66 heavy (non-hydrogen) atoms. The number of carbonyl (C=O) groups is 4. The van der Waals surface area contributed by atoms with Crippen molar-refractivity contribution >= 4 is 62.5 Å². The molecule has 9 rings (SSSR count). The number of urea groups is 1. The molecule has 16 nitrogen and oxygen atoms in total. The number of anilines is 1. The molecule has 2 fully saturated rings. The number of nitrogens with zero attached hydrogens (tertiary/aromatic N) is 8. The number of ether oxygens (including phenoxy) is 2. The molecule has 4 aromatic heterocycles. The van der Waals surface area contributed by atoms with Crippen LogP contribution in [0.5, 0.6) is 0 Å². The number of methoxy groups -OCH3 is 1. The lowest BCUT2D eigenvalue weighted by atomic mass is 9.67. The Balaban J connectivity index is 0.00000342. The van der Waals surface area contributed by atoms with E-state index in [2.05, 4.69) is 70.2 Å². The van der Waals surface area contributed by atoms with Crippen molar-refractivity contribution in [2.45, 2.75) is 109 Å². The molecule has 6 bridgehead atoms. The number of likely N-dealkylation sites (N-methyl/N-ethyl adjacent to an activating group) is 3. The van der Waals surface area contributed by atoms with Gasteiger partial charge in [0.2, 0.25) is 5.91 Å². The summed E-state index contributed by atoms with van der Waals surface area (Å²) in [7, 11) is 7.11. The number of hydrogen-bond acceptors (Lipinski definition) is 13. The number of aryl methyl sites for hydroxylation is 1. The van der Waals surface area contributed by atoms with Crippen LogP contribution in [0.4, 0.5) is 9.93 Å². The Bertz CT molecular complexity index is 2660. The number of esters is 1. The van der Waals surface area contributed by atoms with E-state index >= 15 is 0 Å². The van der Waals surface area contributed by atoms with E-state index in [1.807, 2.05) is 37.7 Å². The Morgan fingerprint density at radius 1 is 1.11 bits per heavy atom. The van der Waals surface area contributed by atoms with Crippen LogP contribution in [0, 0.1) is 11.3 Å². The molecule has 18 heteroatoms. The topological polar surface area (TPSA) is 167 Å². The number of hydrogen-bond donors (Lipinski definition) is 2. The highest BCUT2D eigenvalue weighted by Gasteiger charge is 2.49. The molecule has 0 radical (unpaired) electrons. The molecule has 1 unspecified atom stereocenters. The lowest BCUT2D eigenvalue weighted by Crippen LogP contribution is -2.62. The van der Waals surface area contributed by atoms with E-state index in [1.54, 1.807) is 49.8 Å². The van der Waals surface area contributed by atoms with E-state index < -0.39 is 47.4 Å². The standard InChI is InChI=1S/C48H60N10O6S2.2H2/c1-10-57-33-16-15-27-21-29(33)37-38(42(63-9)39-28(41(37)57)13-11-17-49-39)48(4,5)25-64-45(61)30-14-12-19-58(53-30)44(60)31(22-36-51-32(27)24-66-36)52-43(59)40(26(2)3)56(8)47(62)55(7)35-23-34(35)54(6)46-50-18-20-65-46;;/h11,13,15-18,20-21,24,26,30-31,34-35,38,40,42,53H,10,12,14,19,22-23,25H2,1-9H3,(H,52,59);2*1H/t30-,31-,34+,35+,38?,40-,42-;;/m0../s1. The Labute approximate surface area is 396 Å². The van der Waals surface area contributed by atoms with Gasteiger partial charge in [-0.2, -0.15) is 0 Å². The van der Waals surface area contributed by atoms with Crippen LogP contribution in [0.15, 0.2) is 53.5 Å². The highest BCUT2D eigenvalue weighted by Crippen LogP contribution is 2.57. The van der Waals surface area contributed by atoms with Crippen molar-refractivity contribution in [3.63, 3.8) is 0 Å². The molecule has 2 aliphatic carbocycles. The van der Waals surface area contributed by atoms with Crippen molar-refractivity contribution in [3.8, 4) is 22.5 Å². The first-order valence-electron chi connectivity index (χ1n) is 22.9. The van der Waals surface area contributed by atoms with Gasteiger partial charge in [-0.15, -0.1) is 22.7 Å². The van der Waals surface area contributed by atoms with E-state index in [9.17, 15) is 19.2 Å². The van der Waals surface area contributed by atoms with Crippen molar-refractivity contribution in [1.82, 2.24) is 45.1 Å². The van der Waals surface area contributed by atoms with Gasteiger partial charge in [0.1, 0.15) is 24.2 Å². The number of fused-ring (bicyclic) bond motifs is 8. The first-order chi connectivity index (χ1) is 31.6. The van der Waals surface area contributed by atoms with E-state index in [1.165, 1.54) is 21.2 Å². The third-order valence-electron chi connectivity index (χ3n) is 14.0. The van der Waals surface area contributed by atoms with E-state index in [-0.39, 0.29) is 45.8 Å². The number of amides is 4. The zero-order valence-corrected chi connectivity index (χ0v) is 40.7. The highest BCUT2D eigenvalue weighted by atomic mass is 32.1. The average molecular weight is 941 g/mol. The molecular formula is C48H64N10O6S2. The molecule has 354 valence electrons. The van der Waals surface area contributed by atoms with Gasteiger partial charge < -0.3 is 34.1 Å². The molecule has 5 aromatic rings. The van der Waals surface area contributed by atoms with Gasteiger partial charge in [-0.3, -0.25) is 24.4 Å². The van der Waals surface area contributed by atoms with Crippen LogP contribution in [0.2, 0.25) is 0 Å². The molecule has 6 heterocycles. The van der Waals surface area contributed by atoms with Crippen LogP contribution in [-0.4, -0.2) is 130 Å². The molecular weight excluding hydrogens is 877 g/mol. The summed E-state index contributed by atoms with van der Waals surface area (Å²) in [5.41, 5.74) is 9.31. The predicted octanol–water partition coefficient (Wildman–Crippen LogP) is 6.97. The first-order valence-corrected chi connectivity index (χ1v) is 24.6. The maximum atomic E-state index is 14.7. The SMILES string of the molecule is CCn1c2c3c4cc(ccc41)-c1csc(n1)C[C@H](NC(=O)[C@H](C(C)C)N(C)C(=O)N(C)[C@@H]1C[C@H]1N(C)c1nccs1)C(=O)N1CCC[C@H](N1)C(=O)OCC(C)(C)C3[C@H](OC)c1ncccc1-2.[HH].[HH]. The summed E-state index contributed by atoms with van der Waals surface area (Å²) in [6.07, 6.45) is 5.03. The number of nitrogens with one attached hydrogen (secondary N) is 2. The van der Waals surface area contributed by atoms with Gasteiger partial charge in [-0.1, -0.05) is 33.8 Å². The summed E-state index contributed by atoms with van der Waals surface area (Å²) in [5, 5.41) is 11.0. The van der Waals surface area contributed by atoms with Gasteiger partial charge in [0.25, 0.3) is 5.91 Å². The summed E-state index contributed by atoms with van der Waals surface area (Å²) in [4.78, 5) is 77.2. The Kier molecular flexibility index (Phi) is 12.5. The van der Waals surface area contributed by atoms with Crippen LogP contribution in [0.25, 0.3) is 33.4 Å². The van der Waals surface area contributed by atoms with Gasteiger partial charge in [0.15, 0.2) is 5.13 Å². The van der Waals surface area contributed by atoms with Crippen LogP contribution in [-0.2, 0) is 36.8 Å². The second-order valence-corrected chi connectivity index (χ2v) is 20.9. The van der Waals surface area contributed by atoms with Gasteiger partial charge in [0.05, 0.1) is 40.8 Å². The van der Waals surface area contributed by atoms with Crippen LogP contribution < -0.4 is 15.6 Å². The van der Waals surface area contributed by atoms with Crippen LogP contribution in [0.3, 0.4) is 0 Å². The molecule has 2 aliphatic heterocycles. The lowest BCUT2D eigenvalue weighted by molar-refractivity contribution is -0.156. The summed E-state index contributed by atoms with van der Waals surface area (Å²) in [6.45, 7) is 11.3. The maximum Gasteiger partial charge on any atom is 0.324 e. The van der Waals surface area contributed by atoms with Crippen molar-refractivity contribution in [2.24, 2.45) is 11.3 Å². The summed E-state index contributed by atoms with van der Waals surface area (Å²) >= 11 is 2.97. The predicted molar refractivity (Wildman–Crippen MR) is 259 cm³/mol. The highest BCUT2D eigenvalue weighted by molar-refractivity contribution is 7.13. The Hall–Kier alpha value is -5.43. The van der Waals surface area contributed by atoms with Crippen molar-refractivity contribution in [1.29, 1.82) is 0 Å². The average Bonchev–Trinajstić information content (AvgIpc) is 3.58. The number of cyclic esters (lactones) is 1. The number of thiazole rings is 2. The number of aromatic nitrogens is 4. The number of hydrazine groups is 1. The summed E-state index contributed by atoms with van der Waals surface area (Å²) in [6, 6.07) is 7.51. The van der Waals surface area contributed by atoms with Crippen molar-refractivity contribution in [3.05, 3.63) is 69.8 Å². The maximum absolute atomic E-state index is 14.7. The molecule has 1 aromatic carbocycles. The smallest absolute Gasteiger partial charge is 0.324 e. The molecule has 1 saturated heterocycles. The van der Waals surface area contributed by atoms with Gasteiger partial charge in [0, 0.05) is 107 Å². The quantitative estimate of drug-likeness (QED) is 0.147. The monoisotopic (exact) mass is 940 g/mol. The first kappa shape index (κ1) is 45.7. The van der Waals surface area contributed by atoms with E-state index in [0.29, 0.717) is 24.4 Å². The molecule has 4 amide bonds. The van der Waals surface area contributed by atoms with Crippen molar-refractivity contribution < 1.29 is 31.5 Å². The fourth-order valence-electron chi connectivity index (χ4n) is 10.6. The molecule has 0 spiro atoms. The number of benzene rings is 1. The van der Waals surface area contributed by atoms with Crippen molar-refractivity contribution in [2.75, 3.05) is 46.3 Å². The second kappa shape index (κ2) is 18.0. The molecule has 7 atom stereocenters. The van der Waals surface area contributed by atoms with Gasteiger partial charge >= 0.3 is 12.0 Å². The number of rotatable bonds is 9. The zero-order valence-electron chi connectivity index (χ0n) is 39.1. The van der Waals surface area contributed by atoms with E-state index in [0.717, 1.165) is 62.8 Å². The molecule has 2 N–H and O–H groups in total. The molecule has 4 aliphatic rings. The fourth-order valence-corrected chi connectivity index (χ4v) is 12.1. The van der Waals surface area contributed by atoms with E-state index in [4.69, 9.17) is 19.4 Å². The summed E-state index contributed by atoms with van der Waals surface area (Å²) < 4.78 is 14.9. The summed E-state index contributed by atoms with van der Waals surface area (Å²) in [5.74, 6) is -1.87. The Morgan fingerprint density at radius 3 is 2.64 bits per heavy atom. The third-order valence-corrected chi connectivity index (χ3v) is 15.7. The number of pyridine rings is 1. The largest absolute Gasteiger partial charge is 0.464 e. The third kappa shape index (κ3) is 8.12. The molecule has 1 saturated carbocycles. The Morgan fingerprint density at radius 2 is 1.91 bits per heavy atom. The van der Waals surface area contributed by atoms with Crippen LogP contribution in [0.1, 0.15) is 85.0 Å². The zero-order chi connectivity index (χ0) is 46.8. The fraction of sp³-hybridized carbons (Fsp3) is 0.521. The minimum Gasteiger partial charge on any atom is -0.464 e. The van der Waals surface area contributed by atoms with Crippen LogP contribution >= 0.6 is 22.7 Å². The van der Waals surface area contributed by atoms with Gasteiger partial charge in [-0.25, -0.2) is 20.2 Å². The minimum absolute atomic E-state index is 0. The normalized spacial score (nSPS) is 24.0. The minimum atomic E-state index is -1.06. The number of carbonyl (C=O) groups excluding carboxylic acids is 4.